The van der Waals surface area contributed by atoms with E-state index in [2.05, 4.69) is 51.0 Å². The molecule has 0 bridgehead atoms. The first kappa shape index (κ1) is 14.5. The van der Waals surface area contributed by atoms with E-state index in [9.17, 15) is 5.26 Å². The molecular weight excluding hydrogens is 210 g/mol. The lowest BCUT2D eigenvalue weighted by atomic mass is 9.98. The number of nitrogens with zero attached hydrogens (tertiary/aromatic N) is 2. The first-order chi connectivity index (χ1) is 7.94. The van der Waals surface area contributed by atoms with Gasteiger partial charge >= 0.3 is 0 Å². The molecule has 0 aromatic heterocycles. The molecule has 1 saturated carbocycles. The van der Waals surface area contributed by atoms with Gasteiger partial charge < -0.3 is 4.90 Å². The van der Waals surface area contributed by atoms with E-state index in [0.29, 0.717) is 18.1 Å². The monoisotopic (exact) mass is 237 g/mol. The van der Waals surface area contributed by atoms with E-state index in [1.165, 1.54) is 6.42 Å². The van der Waals surface area contributed by atoms with E-state index in [-0.39, 0.29) is 5.54 Å². The maximum absolute atomic E-state index is 9.43. The lowest BCUT2D eigenvalue weighted by Crippen LogP contribution is -2.47. The average molecular weight is 237 g/mol. The zero-order chi connectivity index (χ0) is 13.1. The molecule has 1 N–H and O–H groups in total. The SMILES string of the molecule is CCC(C)N(C)C1CCC(C#N)(NC(C)C)C1. The average Bonchev–Trinajstić information content (AvgIpc) is 2.71. The molecular formula is C14H27N3. The highest BCUT2D eigenvalue weighted by Gasteiger charge is 2.41. The molecule has 98 valence electrons. The van der Waals surface area contributed by atoms with Crippen molar-refractivity contribution in [2.75, 3.05) is 7.05 Å². The normalized spacial score (nSPS) is 30.8. The van der Waals surface area contributed by atoms with Crippen molar-refractivity contribution in [3.05, 3.63) is 0 Å². The van der Waals surface area contributed by atoms with Crippen LogP contribution in [0.2, 0.25) is 0 Å². The van der Waals surface area contributed by atoms with Gasteiger partial charge in [0.2, 0.25) is 0 Å². The number of nitrogens with one attached hydrogen (secondary N) is 1. The van der Waals surface area contributed by atoms with Crippen LogP contribution in [-0.4, -0.2) is 35.6 Å². The van der Waals surface area contributed by atoms with Crippen LogP contribution in [0.1, 0.15) is 53.4 Å². The molecule has 0 radical (unpaired) electrons. The minimum atomic E-state index is -0.291. The lowest BCUT2D eigenvalue weighted by molar-refractivity contribution is 0.175. The molecule has 17 heavy (non-hydrogen) atoms. The van der Waals surface area contributed by atoms with Crippen molar-refractivity contribution >= 4 is 0 Å². The predicted molar refractivity (Wildman–Crippen MR) is 71.8 cm³/mol. The van der Waals surface area contributed by atoms with Crippen LogP contribution >= 0.6 is 0 Å². The fourth-order valence-electron chi connectivity index (χ4n) is 2.83. The Kier molecular flexibility index (Phi) is 4.97. The van der Waals surface area contributed by atoms with Gasteiger partial charge in [-0.05, 0) is 53.5 Å². The van der Waals surface area contributed by atoms with E-state index < -0.39 is 0 Å². The van der Waals surface area contributed by atoms with Crippen molar-refractivity contribution in [2.24, 2.45) is 0 Å². The van der Waals surface area contributed by atoms with Gasteiger partial charge in [0.1, 0.15) is 5.54 Å². The Balaban J connectivity index is 2.64. The topological polar surface area (TPSA) is 39.1 Å². The summed E-state index contributed by atoms with van der Waals surface area (Å²) in [5.74, 6) is 0. The summed E-state index contributed by atoms with van der Waals surface area (Å²) in [6.07, 6.45) is 4.24. The summed E-state index contributed by atoms with van der Waals surface area (Å²) in [5.41, 5.74) is -0.291. The van der Waals surface area contributed by atoms with Crippen molar-refractivity contribution in [1.29, 1.82) is 5.26 Å². The molecule has 1 rings (SSSR count). The summed E-state index contributed by atoms with van der Waals surface area (Å²) in [5, 5.41) is 12.9. The molecule has 0 aromatic rings. The van der Waals surface area contributed by atoms with Crippen LogP contribution in [-0.2, 0) is 0 Å². The van der Waals surface area contributed by atoms with Gasteiger partial charge in [0, 0.05) is 18.1 Å². The van der Waals surface area contributed by atoms with Crippen LogP contribution < -0.4 is 5.32 Å². The molecule has 0 heterocycles. The molecule has 3 unspecified atom stereocenters. The summed E-state index contributed by atoms with van der Waals surface area (Å²) in [6.45, 7) is 8.72. The quantitative estimate of drug-likeness (QED) is 0.798. The first-order valence-electron chi connectivity index (χ1n) is 6.85. The minimum Gasteiger partial charge on any atom is -0.301 e. The second kappa shape index (κ2) is 5.84. The van der Waals surface area contributed by atoms with Crippen LogP contribution in [0.4, 0.5) is 0 Å². The third-order valence-corrected chi connectivity index (χ3v) is 4.13. The highest BCUT2D eigenvalue weighted by atomic mass is 15.2. The van der Waals surface area contributed by atoms with Crippen molar-refractivity contribution in [3.8, 4) is 6.07 Å². The Morgan fingerprint density at radius 2 is 2.12 bits per heavy atom. The molecule has 1 aliphatic carbocycles. The van der Waals surface area contributed by atoms with Crippen LogP contribution in [0.3, 0.4) is 0 Å². The first-order valence-corrected chi connectivity index (χ1v) is 6.85. The van der Waals surface area contributed by atoms with E-state index in [1.54, 1.807) is 0 Å². The van der Waals surface area contributed by atoms with E-state index in [0.717, 1.165) is 19.3 Å². The van der Waals surface area contributed by atoms with Crippen molar-refractivity contribution in [2.45, 2.75) is 77.0 Å². The molecule has 3 nitrogen and oxygen atoms in total. The Labute approximate surface area is 106 Å². The van der Waals surface area contributed by atoms with E-state index >= 15 is 0 Å². The summed E-state index contributed by atoms with van der Waals surface area (Å²) in [6, 6.07) is 4.05. The molecule has 0 aromatic carbocycles. The van der Waals surface area contributed by atoms with Gasteiger partial charge in [-0.25, -0.2) is 0 Å². The Hall–Kier alpha value is -0.590. The Morgan fingerprint density at radius 1 is 1.47 bits per heavy atom. The van der Waals surface area contributed by atoms with Crippen LogP contribution in [0.5, 0.6) is 0 Å². The largest absolute Gasteiger partial charge is 0.301 e. The fourth-order valence-corrected chi connectivity index (χ4v) is 2.83. The predicted octanol–water partition coefficient (Wildman–Crippen LogP) is 2.53. The molecule has 0 spiro atoms. The zero-order valence-corrected chi connectivity index (χ0v) is 12.0. The van der Waals surface area contributed by atoms with Crippen molar-refractivity contribution < 1.29 is 0 Å². The summed E-state index contributed by atoms with van der Waals surface area (Å²) < 4.78 is 0. The molecule has 3 heteroatoms. The maximum atomic E-state index is 9.43. The third-order valence-electron chi connectivity index (χ3n) is 4.13. The molecule has 1 fully saturated rings. The number of hydrogen-bond acceptors (Lipinski definition) is 3. The minimum absolute atomic E-state index is 0.291. The molecule has 3 atom stereocenters. The van der Waals surface area contributed by atoms with Gasteiger partial charge in [-0.2, -0.15) is 5.26 Å². The highest BCUT2D eigenvalue weighted by molar-refractivity contribution is 5.14. The van der Waals surface area contributed by atoms with Gasteiger partial charge in [0.15, 0.2) is 0 Å². The highest BCUT2D eigenvalue weighted by Crippen LogP contribution is 2.33. The molecule has 0 saturated heterocycles. The number of hydrogen-bond donors (Lipinski definition) is 1. The lowest BCUT2D eigenvalue weighted by Gasteiger charge is -2.32. The summed E-state index contributed by atoms with van der Waals surface area (Å²) in [7, 11) is 2.20. The number of rotatable bonds is 5. The Morgan fingerprint density at radius 3 is 2.59 bits per heavy atom. The third kappa shape index (κ3) is 3.43. The van der Waals surface area contributed by atoms with Gasteiger partial charge in [0.25, 0.3) is 0 Å². The van der Waals surface area contributed by atoms with Crippen LogP contribution in [0, 0.1) is 11.3 Å². The maximum Gasteiger partial charge on any atom is 0.108 e. The van der Waals surface area contributed by atoms with Crippen LogP contribution in [0.15, 0.2) is 0 Å². The smallest absolute Gasteiger partial charge is 0.108 e. The summed E-state index contributed by atoms with van der Waals surface area (Å²) in [4.78, 5) is 2.45. The van der Waals surface area contributed by atoms with Gasteiger partial charge in [-0.3, -0.25) is 5.32 Å². The van der Waals surface area contributed by atoms with Crippen LogP contribution in [0.25, 0.3) is 0 Å². The standard InChI is InChI=1S/C14H27N3/c1-6-12(4)17(5)13-7-8-14(9-13,10-15)16-11(2)3/h11-13,16H,6-9H2,1-5H3. The second-order valence-corrected chi connectivity index (χ2v) is 5.81. The van der Waals surface area contributed by atoms with Crippen molar-refractivity contribution in [1.82, 2.24) is 10.2 Å². The van der Waals surface area contributed by atoms with Gasteiger partial charge in [0.05, 0.1) is 6.07 Å². The Bertz CT molecular complexity index is 282. The van der Waals surface area contributed by atoms with Crippen molar-refractivity contribution in [3.63, 3.8) is 0 Å². The van der Waals surface area contributed by atoms with Gasteiger partial charge in [-0.15, -0.1) is 0 Å². The summed E-state index contributed by atoms with van der Waals surface area (Å²) >= 11 is 0. The second-order valence-electron chi connectivity index (χ2n) is 5.81. The molecule has 1 aliphatic rings. The number of nitriles is 1. The van der Waals surface area contributed by atoms with Gasteiger partial charge in [-0.1, -0.05) is 6.92 Å². The zero-order valence-electron chi connectivity index (χ0n) is 12.0. The molecule has 0 aliphatic heterocycles. The van der Waals surface area contributed by atoms with E-state index in [1.807, 2.05) is 0 Å². The fraction of sp³-hybridized carbons (Fsp3) is 0.929. The van der Waals surface area contributed by atoms with E-state index in [4.69, 9.17) is 0 Å². The molecule has 0 amide bonds.